The number of nitrogens with zero attached hydrogens (tertiary/aromatic N) is 3. The summed E-state index contributed by atoms with van der Waals surface area (Å²) < 4.78 is 8.19. The van der Waals surface area contributed by atoms with Gasteiger partial charge in [-0.1, -0.05) is 0 Å². The minimum atomic E-state index is -0.469. The molecule has 1 atom stereocenters. The largest absolute Gasteiger partial charge is 0.444 e. The van der Waals surface area contributed by atoms with Gasteiger partial charge in [0.05, 0.1) is 11.7 Å². The first-order chi connectivity index (χ1) is 8.70. The van der Waals surface area contributed by atoms with Gasteiger partial charge in [-0.3, -0.25) is 4.68 Å². The van der Waals surface area contributed by atoms with E-state index in [0.29, 0.717) is 6.54 Å². The second-order valence-corrected chi connectivity index (χ2v) is 6.63. The Hall–Kier alpha value is -1.04. The van der Waals surface area contributed by atoms with Gasteiger partial charge in [-0.15, -0.1) is 0 Å². The molecule has 0 bridgehead atoms. The molecule has 19 heavy (non-hydrogen) atoms. The van der Waals surface area contributed by atoms with Gasteiger partial charge in [0.25, 0.3) is 0 Å². The Morgan fingerprint density at radius 2 is 2.11 bits per heavy atom. The molecular formula is C13H20BrN3O2. The van der Waals surface area contributed by atoms with Crippen molar-refractivity contribution in [2.45, 2.75) is 45.8 Å². The molecule has 6 heteroatoms. The summed E-state index contributed by atoms with van der Waals surface area (Å²) in [7, 11) is 1.90. The number of carbonyl (C=O) groups excluding carboxylic acids is 1. The Morgan fingerprint density at radius 1 is 1.47 bits per heavy atom. The van der Waals surface area contributed by atoms with E-state index in [0.717, 1.165) is 22.3 Å². The van der Waals surface area contributed by atoms with Gasteiger partial charge in [0.1, 0.15) is 10.2 Å². The Kier molecular flexibility index (Phi) is 3.64. The van der Waals surface area contributed by atoms with E-state index in [9.17, 15) is 4.79 Å². The third-order valence-corrected chi connectivity index (χ3v) is 4.13. The molecule has 0 unspecified atom stereocenters. The Bertz CT molecular complexity index is 505. The molecule has 1 amide bonds. The van der Waals surface area contributed by atoms with E-state index in [1.165, 1.54) is 0 Å². The van der Waals surface area contributed by atoms with Crippen molar-refractivity contribution in [3.05, 3.63) is 15.9 Å². The fourth-order valence-corrected chi connectivity index (χ4v) is 2.96. The van der Waals surface area contributed by atoms with Crippen molar-refractivity contribution in [2.75, 3.05) is 6.54 Å². The fraction of sp³-hybridized carbons (Fsp3) is 0.692. The van der Waals surface area contributed by atoms with Crippen LogP contribution in [0.25, 0.3) is 0 Å². The van der Waals surface area contributed by atoms with Crippen LogP contribution in [0.5, 0.6) is 0 Å². The van der Waals surface area contributed by atoms with E-state index < -0.39 is 5.60 Å². The maximum absolute atomic E-state index is 12.2. The molecule has 1 aromatic rings. The fourth-order valence-electron chi connectivity index (χ4n) is 2.32. The Balaban J connectivity index is 2.24. The van der Waals surface area contributed by atoms with Crippen molar-refractivity contribution in [1.29, 1.82) is 0 Å². The molecule has 0 aliphatic carbocycles. The number of amides is 1. The second kappa shape index (κ2) is 4.81. The van der Waals surface area contributed by atoms with Gasteiger partial charge in [0.2, 0.25) is 0 Å². The molecular weight excluding hydrogens is 310 g/mol. The summed E-state index contributed by atoms with van der Waals surface area (Å²) in [6.07, 6.45) is 0.500. The zero-order valence-corrected chi connectivity index (χ0v) is 13.6. The molecule has 106 valence electrons. The van der Waals surface area contributed by atoms with Gasteiger partial charge in [-0.25, -0.2) is 4.79 Å². The molecule has 1 aliphatic rings. The minimum Gasteiger partial charge on any atom is -0.444 e. The van der Waals surface area contributed by atoms with Crippen LogP contribution in [-0.2, 0) is 18.2 Å². The van der Waals surface area contributed by atoms with E-state index >= 15 is 0 Å². The number of aromatic nitrogens is 2. The Labute approximate surface area is 122 Å². The first-order valence-electron chi connectivity index (χ1n) is 6.41. The van der Waals surface area contributed by atoms with Crippen LogP contribution in [0.1, 0.15) is 45.0 Å². The summed E-state index contributed by atoms with van der Waals surface area (Å²) in [6.45, 7) is 8.29. The number of rotatable bonds is 0. The number of ether oxygens (including phenoxy) is 1. The maximum atomic E-state index is 12.2. The molecule has 0 saturated carbocycles. The molecule has 0 fully saturated rings. The van der Waals surface area contributed by atoms with Gasteiger partial charge < -0.3 is 9.64 Å². The highest BCUT2D eigenvalue weighted by molar-refractivity contribution is 9.10. The van der Waals surface area contributed by atoms with Crippen molar-refractivity contribution in [1.82, 2.24) is 14.7 Å². The van der Waals surface area contributed by atoms with Gasteiger partial charge in [-0.05, 0) is 43.6 Å². The lowest BCUT2D eigenvalue weighted by Gasteiger charge is -2.34. The van der Waals surface area contributed by atoms with Gasteiger partial charge in [0, 0.05) is 25.6 Å². The second-order valence-electron chi connectivity index (χ2n) is 5.87. The van der Waals surface area contributed by atoms with Crippen molar-refractivity contribution < 1.29 is 9.53 Å². The van der Waals surface area contributed by atoms with Crippen LogP contribution in [0, 0.1) is 0 Å². The molecule has 0 spiro atoms. The summed E-state index contributed by atoms with van der Waals surface area (Å²) in [5.41, 5.74) is 1.67. The molecule has 0 N–H and O–H groups in total. The molecule has 5 nitrogen and oxygen atoms in total. The van der Waals surface area contributed by atoms with Crippen LogP contribution >= 0.6 is 15.9 Å². The number of hydrogen-bond donors (Lipinski definition) is 0. The first kappa shape index (κ1) is 14.4. The lowest BCUT2D eigenvalue weighted by molar-refractivity contribution is 0.0158. The Morgan fingerprint density at radius 3 is 2.68 bits per heavy atom. The maximum Gasteiger partial charge on any atom is 0.410 e. The molecule has 0 saturated heterocycles. The summed E-state index contributed by atoms with van der Waals surface area (Å²) in [6, 6.07) is -0.0262. The predicted octanol–water partition coefficient (Wildman–Crippen LogP) is 3.04. The van der Waals surface area contributed by atoms with Gasteiger partial charge >= 0.3 is 6.09 Å². The molecule has 0 aromatic carbocycles. The summed E-state index contributed by atoms with van der Waals surface area (Å²) in [5, 5.41) is 4.46. The highest BCUT2D eigenvalue weighted by Crippen LogP contribution is 2.35. The zero-order chi connectivity index (χ0) is 14.4. The van der Waals surface area contributed by atoms with Crippen LogP contribution in [0.2, 0.25) is 0 Å². The smallest absolute Gasteiger partial charge is 0.410 e. The van der Waals surface area contributed by atoms with Crippen LogP contribution in [-0.4, -0.2) is 32.9 Å². The number of carbonyl (C=O) groups is 1. The highest BCUT2D eigenvalue weighted by Gasteiger charge is 2.34. The summed E-state index contributed by atoms with van der Waals surface area (Å²) in [4.78, 5) is 14.0. The summed E-state index contributed by atoms with van der Waals surface area (Å²) >= 11 is 3.54. The van der Waals surface area contributed by atoms with Crippen molar-refractivity contribution >= 4 is 22.0 Å². The van der Waals surface area contributed by atoms with Crippen LogP contribution in [0.3, 0.4) is 0 Å². The number of halogens is 1. The van der Waals surface area contributed by atoms with E-state index in [1.807, 2.05) is 34.7 Å². The quantitative estimate of drug-likeness (QED) is 0.735. The van der Waals surface area contributed by atoms with Crippen LogP contribution in [0.4, 0.5) is 4.79 Å². The average molecular weight is 330 g/mol. The zero-order valence-electron chi connectivity index (χ0n) is 12.0. The number of aryl methyl sites for hydroxylation is 1. The average Bonchev–Trinajstić information content (AvgIpc) is 2.53. The van der Waals surface area contributed by atoms with Crippen molar-refractivity contribution in [3.63, 3.8) is 0 Å². The van der Waals surface area contributed by atoms with Gasteiger partial charge in [-0.2, -0.15) is 5.10 Å². The number of fused-ring (bicyclic) bond motifs is 1. The molecule has 1 aliphatic heterocycles. The van der Waals surface area contributed by atoms with Gasteiger partial charge in [0.15, 0.2) is 0 Å². The lowest BCUT2D eigenvalue weighted by Crippen LogP contribution is -2.42. The lowest BCUT2D eigenvalue weighted by atomic mass is 10.0. The van der Waals surface area contributed by atoms with E-state index in [-0.39, 0.29) is 12.1 Å². The van der Waals surface area contributed by atoms with Crippen molar-refractivity contribution in [3.8, 4) is 0 Å². The topological polar surface area (TPSA) is 47.4 Å². The molecule has 0 radical (unpaired) electrons. The van der Waals surface area contributed by atoms with E-state index in [2.05, 4.69) is 21.0 Å². The normalized spacial score (nSPS) is 19.3. The number of hydrogen-bond acceptors (Lipinski definition) is 3. The predicted molar refractivity (Wildman–Crippen MR) is 76.0 cm³/mol. The first-order valence-corrected chi connectivity index (χ1v) is 7.21. The third-order valence-electron chi connectivity index (χ3n) is 3.19. The standard InChI is InChI=1S/C13H20BrN3O2/c1-8-10-9(15-16(5)11(10)14)6-7-17(8)12(18)19-13(2,3)4/h8H,6-7H2,1-5H3/t8-/m0/s1. The summed E-state index contributed by atoms with van der Waals surface area (Å²) in [5.74, 6) is 0. The molecule has 2 rings (SSSR count). The third kappa shape index (κ3) is 2.78. The van der Waals surface area contributed by atoms with E-state index in [4.69, 9.17) is 4.74 Å². The van der Waals surface area contributed by atoms with E-state index in [1.54, 1.807) is 9.58 Å². The molecule has 2 heterocycles. The van der Waals surface area contributed by atoms with Crippen LogP contribution < -0.4 is 0 Å². The minimum absolute atomic E-state index is 0.0262. The SMILES string of the molecule is C[C@H]1c2c(nn(C)c2Br)CCN1C(=O)OC(C)(C)C. The molecule has 1 aromatic heterocycles. The monoisotopic (exact) mass is 329 g/mol. The highest BCUT2D eigenvalue weighted by atomic mass is 79.9. The van der Waals surface area contributed by atoms with Crippen LogP contribution in [0.15, 0.2) is 4.60 Å². The van der Waals surface area contributed by atoms with Crippen molar-refractivity contribution in [2.24, 2.45) is 7.05 Å².